The van der Waals surface area contributed by atoms with E-state index in [1.165, 1.54) is 12.4 Å². The van der Waals surface area contributed by atoms with E-state index in [0.717, 1.165) is 25.9 Å². The van der Waals surface area contributed by atoms with Crippen LogP contribution in [0, 0.1) is 5.41 Å². The molecule has 2 saturated heterocycles. The van der Waals surface area contributed by atoms with Crippen LogP contribution in [-0.2, 0) is 19.1 Å². The highest BCUT2D eigenvalue weighted by molar-refractivity contribution is 5.77. The van der Waals surface area contributed by atoms with E-state index < -0.39 is 17.3 Å². The Morgan fingerprint density at radius 2 is 1.63 bits per heavy atom. The summed E-state index contributed by atoms with van der Waals surface area (Å²) in [7, 11) is 0. The number of piperidine rings is 1. The number of nitrogens with zero attached hydrogens (tertiary/aromatic N) is 3. The maximum absolute atomic E-state index is 12.3. The van der Waals surface area contributed by atoms with Crippen LogP contribution in [0.15, 0.2) is 5.95 Å². The molecular formula is C18H30N4O5. The molecule has 0 saturated carbocycles. The molecule has 0 unspecified atom stereocenters. The van der Waals surface area contributed by atoms with E-state index in [0.29, 0.717) is 26.2 Å². The molecule has 2 fully saturated rings. The molecule has 0 aliphatic carbocycles. The normalized spacial score (nSPS) is 19.1. The second-order valence-electron chi connectivity index (χ2n) is 7.87. The minimum absolute atomic E-state index is 0.0787. The molecule has 152 valence electrons. The van der Waals surface area contributed by atoms with Crippen LogP contribution in [0.4, 0.5) is 4.79 Å². The zero-order chi connectivity index (χ0) is 19.9. The fraction of sp³-hybridized carbons (Fsp3) is 0.778. The summed E-state index contributed by atoms with van der Waals surface area (Å²) in [6.07, 6.45) is 3.43. The summed E-state index contributed by atoms with van der Waals surface area (Å²) in [6, 6.07) is -0.0787. The number of carbonyl (C=O) groups excluding carboxylic acids is 3. The van der Waals surface area contributed by atoms with E-state index in [4.69, 9.17) is 9.47 Å². The fourth-order valence-electron chi connectivity index (χ4n) is 2.76. The van der Waals surface area contributed by atoms with Gasteiger partial charge >= 0.3 is 17.9 Å². The summed E-state index contributed by atoms with van der Waals surface area (Å²) >= 11 is 0. The van der Waals surface area contributed by atoms with Gasteiger partial charge in [-0.2, -0.15) is 0 Å². The minimum atomic E-state index is -0.737. The van der Waals surface area contributed by atoms with Crippen LogP contribution in [0.3, 0.4) is 0 Å². The monoisotopic (exact) mass is 382 g/mol. The maximum Gasteiger partial charge on any atom is 0.379 e. The Balaban J connectivity index is 1.70. The molecule has 1 N–H and O–H groups in total. The van der Waals surface area contributed by atoms with Crippen molar-refractivity contribution in [1.29, 1.82) is 0 Å². The predicted molar refractivity (Wildman–Crippen MR) is 97.8 cm³/mol. The lowest BCUT2D eigenvalue weighted by atomic mass is 9.97. The number of hydrogen-bond donors (Lipinski definition) is 1. The van der Waals surface area contributed by atoms with Crippen LogP contribution in [0.1, 0.15) is 40.0 Å². The quantitative estimate of drug-likeness (QED) is 0.430. The van der Waals surface area contributed by atoms with Crippen molar-refractivity contribution in [3.63, 3.8) is 0 Å². The van der Waals surface area contributed by atoms with E-state index in [1.807, 2.05) is 9.91 Å². The molecule has 2 aliphatic heterocycles. The first-order chi connectivity index (χ1) is 12.8. The van der Waals surface area contributed by atoms with Crippen molar-refractivity contribution in [2.24, 2.45) is 5.41 Å². The topological polar surface area (TPSA) is 91.4 Å². The maximum atomic E-state index is 12.3. The number of piperazine rings is 1. The Labute approximate surface area is 160 Å². The Morgan fingerprint density at radius 3 is 2.19 bits per heavy atom. The fourth-order valence-corrected chi connectivity index (χ4v) is 2.76. The highest BCUT2D eigenvalue weighted by Crippen LogP contribution is 2.17. The molecule has 0 radical (unpaired) electrons. The number of amides is 2. The van der Waals surface area contributed by atoms with Crippen molar-refractivity contribution in [2.75, 3.05) is 46.0 Å². The molecule has 2 aliphatic rings. The van der Waals surface area contributed by atoms with Gasteiger partial charge in [0.1, 0.15) is 6.73 Å². The number of rotatable bonds is 5. The van der Waals surface area contributed by atoms with Gasteiger partial charge in [0, 0.05) is 39.3 Å². The first-order valence-electron chi connectivity index (χ1n) is 9.42. The molecule has 9 heteroatoms. The highest BCUT2D eigenvalue weighted by Gasteiger charge is 2.27. The highest BCUT2D eigenvalue weighted by atomic mass is 16.7. The summed E-state index contributed by atoms with van der Waals surface area (Å²) in [6.45, 7) is 9.28. The van der Waals surface area contributed by atoms with Gasteiger partial charge in [0.25, 0.3) is 0 Å². The van der Waals surface area contributed by atoms with Gasteiger partial charge in [-0.25, -0.2) is 14.6 Å². The van der Waals surface area contributed by atoms with Crippen molar-refractivity contribution in [2.45, 2.75) is 40.0 Å². The molecule has 0 bridgehead atoms. The van der Waals surface area contributed by atoms with E-state index in [-0.39, 0.29) is 12.8 Å². The van der Waals surface area contributed by atoms with Crippen molar-refractivity contribution in [3.05, 3.63) is 5.95 Å². The number of esters is 1. The molecule has 0 aromatic carbocycles. The van der Waals surface area contributed by atoms with Crippen LogP contribution >= 0.6 is 0 Å². The zero-order valence-electron chi connectivity index (χ0n) is 16.5. The van der Waals surface area contributed by atoms with Crippen LogP contribution in [0.5, 0.6) is 0 Å². The first kappa shape index (κ1) is 21.2. The van der Waals surface area contributed by atoms with Gasteiger partial charge in [0.15, 0.2) is 0 Å². The largest absolute Gasteiger partial charge is 0.440 e. The summed E-state index contributed by atoms with van der Waals surface area (Å²) in [5.41, 5.74) is 2.22. The Bertz CT molecular complexity index is 569. The molecule has 0 aromatic rings. The van der Waals surface area contributed by atoms with E-state index in [1.54, 1.807) is 25.7 Å². The Morgan fingerprint density at radius 1 is 1.00 bits per heavy atom. The Kier molecular flexibility index (Phi) is 7.65. The molecule has 2 heterocycles. The average Bonchev–Trinajstić information content (AvgIpc) is 2.65. The summed E-state index contributed by atoms with van der Waals surface area (Å²) < 4.78 is 10.2. The standard InChI is InChI=1S/C18H30N4O5/c1-18(2,3)16(24)27-15(13-23)26-14-20-9-11-21(12-10-20)17(25)19-22-7-5-4-6-8-22/h4-12,14H2,1-3H3,(H,19,25). The zero-order valence-corrected chi connectivity index (χ0v) is 16.5. The van der Waals surface area contributed by atoms with Gasteiger partial charge in [-0.3, -0.25) is 15.1 Å². The molecule has 0 atom stereocenters. The lowest BCUT2D eigenvalue weighted by Crippen LogP contribution is -2.56. The molecule has 2 amide bonds. The summed E-state index contributed by atoms with van der Waals surface area (Å²) in [5.74, 6) is 0.498. The van der Waals surface area contributed by atoms with Gasteiger partial charge < -0.3 is 14.4 Å². The third kappa shape index (κ3) is 6.86. The van der Waals surface area contributed by atoms with Gasteiger partial charge in [0.2, 0.25) is 5.94 Å². The number of nitrogens with one attached hydrogen (secondary N) is 1. The van der Waals surface area contributed by atoms with Crippen LogP contribution in [-0.4, -0.2) is 78.7 Å². The van der Waals surface area contributed by atoms with Gasteiger partial charge in [0.05, 0.1) is 5.41 Å². The molecule has 2 rings (SSSR count). The number of hydrogen-bond acceptors (Lipinski definition) is 7. The second-order valence-corrected chi connectivity index (χ2v) is 7.87. The average molecular weight is 382 g/mol. The van der Waals surface area contributed by atoms with Crippen molar-refractivity contribution < 1.29 is 23.9 Å². The third-order valence-corrected chi connectivity index (χ3v) is 4.53. The molecule has 9 nitrogen and oxygen atoms in total. The van der Waals surface area contributed by atoms with E-state index in [9.17, 15) is 14.4 Å². The van der Waals surface area contributed by atoms with Crippen LogP contribution in [0.25, 0.3) is 0 Å². The van der Waals surface area contributed by atoms with Crippen molar-refractivity contribution in [1.82, 2.24) is 20.2 Å². The number of carbonyl (C=O) groups is 2. The first-order valence-corrected chi connectivity index (χ1v) is 9.42. The molecule has 0 spiro atoms. The predicted octanol–water partition coefficient (Wildman–Crippen LogP) is 0.951. The summed E-state index contributed by atoms with van der Waals surface area (Å²) in [4.78, 5) is 38.7. The van der Waals surface area contributed by atoms with Gasteiger partial charge in [-0.15, -0.1) is 0 Å². The van der Waals surface area contributed by atoms with E-state index >= 15 is 0 Å². The smallest absolute Gasteiger partial charge is 0.379 e. The van der Waals surface area contributed by atoms with Crippen LogP contribution < -0.4 is 5.43 Å². The molecule has 27 heavy (non-hydrogen) atoms. The van der Waals surface area contributed by atoms with E-state index in [2.05, 4.69) is 5.43 Å². The molecule has 0 aromatic heterocycles. The lowest BCUT2D eigenvalue weighted by Gasteiger charge is -2.36. The molecular weight excluding hydrogens is 352 g/mol. The minimum Gasteiger partial charge on any atom is -0.440 e. The SMILES string of the molecule is CC(C)(C)C(=O)OC(=C=O)OCN1CCN(C(=O)NN2CCCCC2)CC1. The van der Waals surface area contributed by atoms with Crippen molar-refractivity contribution in [3.8, 4) is 0 Å². The third-order valence-electron chi connectivity index (χ3n) is 4.53. The number of ether oxygens (including phenoxy) is 2. The number of hydrazine groups is 1. The van der Waals surface area contributed by atoms with Gasteiger partial charge in [-0.05, 0) is 33.6 Å². The number of urea groups is 1. The van der Waals surface area contributed by atoms with Crippen LogP contribution in [0.2, 0.25) is 0 Å². The Hall–Kier alpha value is -2.09. The van der Waals surface area contributed by atoms with Gasteiger partial charge in [-0.1, -0.05) is 6.42 Å². The second kappa shape index (κ2) is 9.73. The lowest BCUT2D eigenvalue weighted by molar-refractivity contribution is -0.155. The summed E-state index contributed by atoms with van der Waals surface area (Å²) in [5, 5.41) is 1.98. The van der Waals surface area contributed by atoms with Crippen molar-refractivity contribution >= 4 is 17.9 Å².